The molecule has 4 nitrogen and oxygen atoms in total. The van der Waals surface area contributed by atoms with Gasteiger partial charge in [0.05, 0.1) is 12.3 Å². The van der Waals surface area contributed by atoms with E-state index >= 15 is 0 Å². The van der Waals surface area contributed by atoms with E-state index in [1.165, 1.54) is 12.1 Å². The van der Waals surface area contributed by atoms with Crippen LogP contribution in [0.25, 0.3) is 0 Å². The second-order valence-corrected chi connectivity index (χ2v) is 6.61. The molecule has 1 fully saturated rings. The summed E-state index contributed by atoms with van der Waals surface area (Å²) < 4.78 is 26.9. The van der Waals surface area contributed by atoms with Gasteiger partial charge in [0.15, 0.2) is 6.10 Å². The summed E-state index contributed by atoms with van der Waals surface area (Å²) in [6.07, 6.45) is 5.80. The van der Waals surface area contributed by atoms with E-state index in [2.05, 4.69) is 11.7 Å². The van der Waals surface area contributed by atoms with Gasteiger partial charge >= 0.3 is 0 Å². The Hall–Kier alpha value is -2.24. The minimum atomic E-state index is -0.659. The van der Waals surface area contributed by atoms with Gasteiger partial charge in [-0.2, -0.15) is 0 Å². The Balaban J connectivity index is 1.63. The number of oxime groups is 1. The van der Waals surface area contributed by atoms with E-state index in [1.54, 1.807) is 11.0 Å². The van der Waals surface area contributed by atoms with Crippen LogP contribution in [-0.2, 0) is 9.63 Å². The molecule has 0 saturated heterocycles. The molecule has 1 aliphatic heterocycles. The number of halogens is 2. The van der Waals surface area contributed by atoms with Crippen LogP contribution in [0, 0.1) is 17.6 Å². The zero-order valence-electron chi connectivity index (χ0n) is 14.1. The summed E-state index contributed by atoms with van der Waals surface area (Å²) in [5.41, 5.74) is 0.677. The lowest BCUT2D eigenvalue weighted by Gasteiger charge is -2.26. The Kier molecular flexibility index (Phi) is 5.46. The number of rotatable bonds is 6. The van der Waals surface area contributed by atoms with Gasteiger partial charge < -0.3 is 9.74 Å². The molecule has 0 aromatic heterocycles. The summed E-state index contributed by atoms with van der Waals surface area (Å²) in [4.78, 5) is 19.8. The van der Waals surface area contributed by atoms with Gasteiger partial charge in [0.1, 0.15) is 11.6 Å². The molecule has 0 radical (unpaired) electrons. The lowest BCUT2D eigenvalue weighted by atomic mass is 10.0. The van der Waals surface area contributed by atoms with Crippen molar-refractivity contribution in [3.05, 3.63) is 48.1 Å². The summed E-state index contributed by atoms with van der Waals surface area (Å²) >= 11 is 0. The van der Waals surface area contributed by atoms with Crippen LogP contribution in [0.1, 0.15) is 37.7 Å². The summed E-state index contributed by atoms with van der Waals surface area (Å²) in [5.74, 6) is -1.08. The zero-order valence-corrected chi connectivity index (χ0v) is 14.1. The number of carbonyl (C=O) groups excluding carboxylic acids is 1. The highest BCUT2D eigenvalue weighted by Gasteiger charge is 2.31. The smallest absolute Gasteiger partial charge is 0.226 e. The number of nitrogens with zero attached hydrogens (tertiary/aromatic N) is 2. The van der Waals surface area contributed by atoms with Crippen LogP contribution in [0.2, 0.25) is 0 Å². The quantitative estimate of drug-likeness (QED) is 0.736. The highest BCUT2D eigenvalue weighted by Crippen LogP contribution is 2.27. The van der Waals surface area contributed by atoms with Crippen LogP contribution in [-0.4, -0.2) is 35.7 Å². The Morgan fingerprint density at radius 2 is 2.12 bits per heavy atom. The molecular weight excluding hydrogens is 326 g/mol. The van der Waals surface area contributed by atoms with E-state index in [9.17, 15) is 13.6 Å². The molecule has 1 aromatic rings. The summed E-state index contributed by atoms with van der Waals surface area (Å²) in [7, 11) is 0. The number of amides is 1. The number of benzene rings is 1. The van der Waals surface area contributed by atoms with Crippen LogP contribution < -0.4 is 0 Å². The van der Waals surface area contributed by atoms with Crippen LogP contribution in [0.5, 0.6) is 0 Å². The minimum absolute atomic E-state index is 0.0799. The van der Waals surface area contributed by atoms with Crippen LogP contribution in [0.3, 0.4) is 0 Å². The van der Waals surface area contributed by atoms with E-state index in [-0.39, 0.29) is 23.5 Å². The molecule has 0 spiro atoms. The molecular formula is C19H22F2N2O2. The van der Waals surface area contributed by atoms with Crippen molar-refractivity contribution in [3.8, 4) is 0 Å². The summed E-state index contributed by atoms with van der Waals surface area (Å²) in [6, 6.07) is 3.39. The van der Waals surface area contributed by atoms with E-state index < -0.39 is 11.6 Å². The molecule has 134 valence electrons. The van der Waals surface area contributed by atoms with Gasteiger partial charge in [-0.25, -0.2) is 8.78 Å². The van der Waals surface area contributed by atoms with Gasteiger partial charge in [0.25, 0.3) is 0 Å². The van der Waals surface area contributed by atoms with Crippen molar-refractivity contribution in [1.82, 2.24) is 4.90 Å². The van der Waals surface area contributed by atoms with E-state index in [4.69, 9.17) is 4.84 Å². The first-order valence-corrected chi connectivity index (χ1v) is 8.66. The third kappa shape index (κ3) is 4.06. The largest absolute Gasteiger partial charge is 0.390 e. The van der Waals surface area contributed by atoms with Crippen LogP contribution in [0.15, 0.2) is 36.0 Å². The van der Waals surface area contributed by atoms with E-state index in [0.717, 1.165) is 31.7 Å². The lowest BCUT2D eigenvalue weighted by molar-refractivity contribution is -0.136. The first-order chi connectivity index (χ1) is 12.1. The first kappa shape index (κ1) is 17.6. The van der Waals surface area contributed by atoms with Crippen molar-refractivity contribution in [1.29, 1.82) is 0 Å². The van der Waals surface area contributed by atoms with Crippen molar-refractivity contribution in [3.63, 3.8) is 0 Å². The predicted molar refractivity (Wildman–Crippen MR) is 91.1 cm³/mol. The molecule has 0 bridgehead atoms. The second kappa shape index (κ2) is 7.76. The summed E-state index contributed by atoms with van der Waals surface area (Å²) in [5, 5.41) is 3.94. The standard InChI is InChI=1S/C19H22F2N2O2/c1-2-9-23(19(24)13-5-3-4-6-13)12-15-11-18(22-25-15)16-8-7-14(20)10-17(16)21/h2,7-8,10,13,15H,1,3-6,9,11-12H2/t15-/m0/s1. The van der Waals surface area contributed by atoms with Crippen LogP contribution in [0.4, 0.5) is 8.78 Å². The van der Waals surface area contributed by atoms with Crippen molar-refractivity contribution in [2.24, 2.45) is 11.1 Å². The number of hydrogen-bond acceptors (Lipinski definition) is 3. The average molecular weight is 348 g/mol. The third-order valence-electron chi connectivity index (χ3n) is 4.76. The molecule has 2 aliphatic rings. The maximum Gasteiger partial charge on any atom is 0.226 e. The number of carbonyl (C=O) groups is 1. The molecule has 0 unspecified atom stereocenters. The molecule has 6 heteroatoms. The van der Waals surface area contributed by atoms with Gasteiger partial charge in [-0.3, -0.25) is 4.79 Å². The van der Waals surface area contributed by atoms with Gasteiger partial charge in [0.2, 0.25) is 5.91 Å². The Morgan fingerprint density at radius 3 is 2.80 bits per heavy atom. The fraction of sp³-hybridized carbons (Fsp3) is 0.474. The molecule has 25 heavy (non-hydrogen) atoms. The fourth-order valence-electron chi connectivity index (χ4n) is 3.50. The van der Waals surface area contributed by atoms with Crippen molar-refractivity contribution < 1.29 is 18.4 Å². The molecule has 1 aliphatic carbocycles. The van der Waals surface area contributed by atoms with Gasteiger partial charge in [-0.05, 0) is 25.0 Å². The second-order valence-electron chi connectivity index (χ2n) is 6.61. The zero-order chi connectivity index (χ0) is 17.8. The Bertz CT molecular complexity index is 684. The molecule has 1 heterocycles. The number of hydrogen-bond donors (Lipinski definition) is 0. The van der Waals surface area contributed by atoms with Crippen molar-refractivity contribution in [2.75, 3.05) is 13.1 Å². The van der Waals surface area contributed by atoms with Gasteiger partial charge in [-0.1, -0.05) is 24.1 Å². The minimum Gasteiger partial charge on any atom is -0.390 e. The first-order valence-electron chi connectivity index (χ1n) is 8.66. The van der Waals surface area contributed by atoms with Crippen LogP contribution >= 0.6 is 0 Å². The summed E-state index contributed by atoms with van der Waals surface area (Å²) in [6.45, 7) is 4.56. The van der Waals surface area contributed by atoms with E-state index in [1.807, 2.05) is 0 Å². The van der Waals surface area contributed by atoms with Crippen molar-refractivity contribution >= 4 is 11.6 Å². The van der Waals surface area contributed by atoms with Gasteiger partial charge in [0, 0.05) is 30.5 Å². The molecule has 1 saturated carbocycles. The lowest BCUT2D eigenvalue weighted by Crippen LogP contribution is -2.40. The predicted octanol–water partition coefficient (Wildman–Crippen LogP) is 3.66. The fourth-order valence-corrected chi connectivity index (χ4v) is 3.50. The normalized spacial score (nSPS) is 20.2. The highest BCUT2D eigenvalue weighted by molar-refractivity contribution is 6.01. The molecule has 1 aromatic carbocycles. The molecule has 1 amide bonds. The average Bonchev–Trinajstić information content (AvgIpc) is 3.25. The molecule has 0 N–H and O–H groups in total. The third-order valence-corrected chi connectivity index (χ3v) is 4.76. The topological polar surface area (TPSA) is 41.9 Å². The highest BCUT2D eigenvalue weighted by atomic mass is 19.1. The molecule has 3 rings (SSSR count). The Morgan fingerprint density at radius 1 is 1.36 bits per heavy atom. The Labute approximate surface area is 146 Å². The van der Waals surface area contributed by atoms with Gasteiger partial charge in [-0.15, -0.1) is 6.58 Å². The monoisotopic (exact) mass is 348 g/mol. The van der Waals surface area contributed by atoms with Crippen molar-refractivity contribution in [2.45, 2.75) is 38.2 Å². The maximum atomic E-state index is 13.9. The molecule has 1 atom stereocenters. The van der Waals surface area contributed by atoms with E-state index in [0.29, 0.717) is 25.2 Å². The maximum absolute atomic E-state index is 13.9. The SMILES string of the molecule is C=CCN(C[C@@H]1CC(c2ccc(F)cc2F)=NO1)C(=O)C1CCCC1.